The molecule has 33 heavy (non-hydrogen) atoms. The lowest BCUT2D eigenvalue weighted by atomic mass is 9.98. The first-order valence-corrected chi connectivity index (χ1v) is 12.2. The number of hydrogen-bond donors (Lipinski definition) is 1. The first kappa shape index (κ1) is 22.8. The van der Waals surface area contributed by atoms with E-state index in [-0.39, 0.29) is 22.9 Å². The fourth-order valence-corrected chi connectivity index (χ4v) is 5.71. The fourth-order valence-electron chi connectivity index (χ4n) is 3.86. The maximum Gasteiger partial charge on any atom is 0.337 e. The van der Waals surface area contributed by atoms with Crippen molar-refractivity contribution < 1.29 is 22.1 Å². The molecule has 0 spiro atoms. The molecule has 2 aromatic heterocycles. The van der Waals surface area contributed by atoms with Crippen molar-refractivity contribution >= 4 is 26.6 Å². The molecule has 1 N–H and O–H groups in total. The molecule has 11 heteroatoms. The maximum atomic E-state index is 13.0. The van der Waals surface area contributed by atoms with Crippen molar-refractivity contribution in [2.45, 2.75) is 50.0 Å². The smallest absolute Gasteiger partial charge is 0.337 e. The minimum absolute atomic E-state index is 0.131. The van der Waals surface area contributed by atoms with Crippen molar-refractivity contribution in [2.24, 2.45) is 5.16 Å². The minimum atomic E-state index is -3.40. The standard InChI is InChI=1S/C22H22FN3O6S/c1-2-14-11-18(27)31-21-19(14)20(28)24-22(25-21)32-26-16-7-9-17(10-8-16)33(29,30)12-13-3-5-15(23)6-4-13/h3-6,11,17H,2,7-10,12H2,1H3,(H,24,25,28). The monoisotopic (exact) mass is 475 g/mol. The molecule has 0 radical (unpaired) electrons. The Morgan fingerprint density at radius 3 is 2.58 bits per heavy atom. The first-order valence-electron chi connectivity index (χ1n) is 10.5. The Morgan fingerprint density at radius 1 is 1.21 bits per heavy atom. The molecule has 1 aliphatic rings. The minimum Gasteiger partial charge on any atom is -0.403 e. The van der Waals surface area contributed by atoms with Crippen LogP contribution in [-0.4, -0.2) is 29.3 Å². The van der Waals surface area contributed by atoms with Gasteiger partial charge in [-0.15, -0.1) is 0 Å². The number of nitrogens with one attached hydrogen (secondary N) is 1. The molecule has 174 valence electrons. The highest BCUT2D eigenvalue weighted by Crippen LogP contribution is 2.25. The van der Waals surface area contributed by atoms with E-state index in [2.05, 4.69) is 15.1 Å². The van der Waals surface area contributed by atoms with E-state index in [1.807, 2.05) is 0 Å². The van der Waals surface area contributed by atoms with E-state index >= 15 is 0 Å². The Balaban J connectivity index is 1.43. The van der Waals surface area contributed by atoms with E-state index in [1.54, 1.807) is 6.92 Å². The molecule has 0 atom stereocenters. The number of nitrogens with zero attached hydrogens (tertiary/aromatic N) is 2. The number of halogens is 1. The lowest BCUT2D eigenvalue weighted by Gasteiger charge is -2.22. The number of aromatic amines is 1. The Kier molecular flexibility index (Phi) is 6.41. The van der Waals surface area contributed by atoms with Gasteiger partial charge < -0.3 is 9.25 Å². The second-order valence-corrected chi connectivity index (χ2v) is 10.2. The zero-order chi connectivity index (χ0) is 23.6. The molecule has 0 unspecified atom stereocenters. The molecule has 0 bridgehead atoms. The second kappa shape index (κ2) is 9.26. The number of fused-ring (bicyclic) bond motifs is 1. The number of H-pyrrole nitrogens is 1. The normalized spacial score (nSPS) is 16.7. The summed E-state index contributed by atoms with van der Waals surface area (Å²) in [4.78, 5) is 35.8. The van der Waals surface area contributed by atoms with Crippen LogP contribution in [-0.2, 0) is 22.0 Å². The molecule has 0 amide bonds. The molecule has 4 rings (SSSR count). The maximum absolute atomic E-state index is 13.0. The van der Waals surface area contributed by atoms with Gasteiger partial charge in [-0.3, -0.25) is 9.78 Å². The van der Waals surface area contributed by atoms with E-state index < -0.39 is 32.1 Å². The van der Waals surface area contributed by atoms with Crippen LogP contribution in [0.3, 0.4) is 0 Å². The van der Waals surface area contributed by atoms with Gasteiger partial charge in [0, 0.05) is 6.07 Å². The molecule has 2 heterocycles. The third kappa shape index (κ3) is 5.19. The molecule has 9 nitrogen and oxygen atoms in total. The highest BCUT2D eigenvalue weighted by atomic mass is 32.2. The Bertz CT molecular complexity index is 1420. The van der Waals surface area contributed by atoms with Gasteiger partial charge in [-0.2, -0.15) is 4.98 Å². The van der Waals surface area contributed by atoms with E-state index in [9.17, 15) is 22.4 Å². The lowest BCUT2D eigenvalue weighted by molar-refractivity contribution is 0.307. The van der Waals surface area contributed by atoms with Crippen LogP contribution in [0.4, 0.5) is 4.39 Å². The summed E-state index contributed by atoms with van der Waals surface area (Å²) in [5.74, 6) is -0.557. The number of oxime groups is 1. The van der Waals surface area contributed by atoms with Crippen LogP contribution in [0.15, 0.2) is 49.5 Å². The van der Waals surface area contributed by atoms with Crippen LogP contribution in [0, 0.1) is 5.82 Å². The fraction of sp³-hybridized carbons (Fsp3) is 0.364. The largest absolute Gasteiger partial charge is 0.403 e. The van der Waals surface area contributed by atoms with Gasteiger partial charge in [-0.05, 0) is 55.4 Å². The number of benzene rings is 1. The van der Waals surface area contributed by atoms with Crippen LogP contribution in [0.25, 0.3) is 11.1 Å². The quantitative estimate of drug-likeness (QED) is 0.542. The van der Waals surface area contributed by atoms with E-state index in [4.69, 9.17) is 9.25 Å². The SMILES string of the molecule is CCc1cc(=O)oc2nc(ON=C3CCC(S(=O)(=O)Cc4ccc(F)cc4)CC3)[nH]c(=O)c12. The summed E-state index contributed by atoms with van der Waals surface area (Å²) in [5.41, 5.74) is 0.446. The third-order valence-corrected chi connectivity index (χ3v) is 7.84. The van der Waals surface area contributed by atoms with Crippen LogP contribution in [0.1, 0.15) is 43.7 Å². The molecule has 0 aliphatic heterocycles. The van der Waals surface area contributed by atoms with Crippen molar-refractivity contribution in [1.82, 2.24) is 9.97 Å². The zero-order valence-electron chi connectivity index (χ0n) is 17.8. The lowest BCUT2D eigenvalue weighted by Crippen LogP contribution is -2.28. The van der Waals surface area contributed by atoms with Gasteiger partial charge in [0.2, 0.25) is 5.71 Å². The van der Waals surface area contributed by atoms with Crippen molar-refractivity contribution in [1.29, 1.82) is 0 Å². The van der Waals surface area contributed by atoms with Gasteiger partial charge in [0.15, 0.2) is 9.84 Å². The molecule has 0 saturated heterocycles. The molecule has 3 aromatic rings. The van der Waals surface area contributed by atoms with Crippen LogP contribution in [0.2, 0.25) is 0 Å². The number of hydrogen-bond acceptors (Lipinski definition) is 8. The van der Waals surface area contributed by atoms with Crippen LogP contribution in [0.5, 0.6) is 6.01 Å². The Labute approximate surface area is 188 Å². The van der Waals surface area contributed by atoms with Gasteiger partial charge in [-0.25, -0.2) is 17.6 Å². The average molecular weight is 475 g/mol. The summed E-state index contributed by atoms with van der Waals surface area (Å²) in [5, 5.41) is 3.66. The first-order chi connectivity index (χ1) is 15.7. The highest BCUT2D eigenvalue weighted by molar-refractivity contribution is 7.91. The van der Waals surface area contributed by atoms with E-state index in [1.165, 1.54) is 30.3 Å². The van der Waals surface area contributed by atoms with E-state index in [0.717, 1.165) is 0 Å². The predicted octanol–water partition coefficient (Wildman–Crippen LogP) is 2.87. The van der Waals surface area contributed by atoms with Gasteiger partial charge in [0.1, 0.15) is 11.2 Å². The average Bonchev–Trinajstić information content (AvgIpc) is 2.78. The molecule has 1 aromatic carbocycles. The summed E-state index contributed by atoms with van der Waals surface area (Å²) in [6.07, 6.45) is 2.02. The zero-order valence-corrected chi connectivity index (χ0v) is 18.7. The summed E-state index contributed by atoms with van der Waals surface area (Å²) < 4.78 is 43.5. The third-order valence-electron chi connectivity index (χ3n) is 5.62. The summed E-state index contributed by atoms with van der Waals surface area (Å²) in [7, 11) is -3.40. The summed E-state index contributed by atoms with van der Waals surface area (Å²) in [6, 6.07) is 6.46. The molecule has 1 fully saturated rings. The molecular weight excluding hydrogens is 453 g/mol. The molecule has 1 saturated carbocycles. The second-order valence-electron chi connectivity index (χ2n) is 7.88. The van der Waals surface area contributed by atoms with Crippen molar-refractivity contribution in [3.63, 3.8) is 0 Å². The van der Waals surface area contributed by atoms with Crippen LogP contribution >= 0.6 is 0 Å². The number of rotatable bonds is 6. The molecular formula is C22H22FN3O6S. The van der Waals surface area contributed by atoms with Crippen molar-refractivity contribution in [3.05, 3.63) is 68.0 Å². The summed E-state index contributed by atoms with van der Waals surface area (Å²) >= 11 is 0. The van der Waals surface area contributed by atoms with E-state index in [0.29, 0.717) is 48.9 Å². The van der Waals surface area contributed by atoms with Gasteiger partial charge >= 0.3 is 11.6 Å². The van der Waals surface area contributed by atoms with Gasteiger partial charge in [-0.1, -0.05) is 24.2 Å². The summed E-state index contributed by atoms with van der Waals surface area (Å²) in [6.45, 7) is 1.81. The predicted molar refractivity (Wildman–Crippen MR) is 120 cm³/mol. The Hall–Kier alpha value is -3.34. The van der Waals surface area contributed by atoms with Crippen molar-refractivity contribution in [3.8, 4) is 6.01 Å². The highest BCUT2D eigenvalue weighted by Gasteiger charge is 2.29. The molecule has 1 aliphatic carbocycles. The number of aryl methyl sites for hydroxylation is 1. The van der Waals surface area contributed by atoms with Crippen molar-refractivity contribution in [2.75, 3.05) is 0 Å². The van der Waals surface area contributed by atoms with Gasteiger partial charge in [0.05, 0.1) is 16.7 Å². The van der Waals surface area contributed by atoms with Crippen LogP contribution < -0.4 is 16.0 Å². The Morgan fingerprint density at radius 2 is 1.91 bits per heavy atom. The van der Waals surface area contributed by atoms with Gasteiger partial charge in [0.25, 0.3) is 5.56 Å². The number of aromatic nitrogens is 2. The topological polar surface area (TPSA) is 132 Å². The number of sulfone groups is 1.